The molecule has 28 heavy (non-hydrogen) atoms. The normalized spacial score (nSPS) is 21.0. The van der Waals surface area contributed by atoms with Crippen LogP contribution in [0.25, 0.3) is 0 Å². The highest BCUT2D eigenvalue weighted by Crippen LogP contribution is 2.37. The van der Waals surface area contributed by atoms with Gasteiger partial charge in [0.05, 0.1) is 17.5 Å². The molecule has 3 amide bonds. The first-order valence-corrected chi connectivity index (χ1v) is 9.62. The zero-order chi connectivity index (χ0) is 19.7. The van der Waals surface area contributed by atoms with Crippen LogP contribution in [-0.2, 0) is 16.0 Å². The summed E-state index contributed by atoms with van der Waals surface area (Å²) in [4.78, 5) is 39.6. The van der Waals surface area contributed by atoms with E-state index in [2.05, 4.69) is 5.32 Å². The number of imide groups is 1. The second-order valence-corrected chi connectivity index (χ2v) is 7.18. The average molecular weight is 374 g/mol. The number of anilines is 2. The molecule has 0 spiro atoms. The number of amides is 3. The van der Waals surface area contributed by atoms with Crippen molar-refractivity contribution in [1.29, 1.82) is 0 Å². The molecule has 0 bridgehead atoms. The van der Waals surface area contributed by atoms with Crippen LogP contribution in [-0.4, -0.2) is 17.7 Å². The molecule has 2 atom stereocenters. The number of carbonyl (C=O) groups excluding carboxylic acids is 3. The van der Waals surface area contributed by atoms with Gasteiger partial charge in [-0.1, -0.05) is 43.3 Å². The lowest BCUT2D eigenvalue weighted by Crippen LogP contribution is -2.31. The Morgan fingerprint density at radius 2 is 1.68 bits per heavy atom. The van der Waals surface area contributed by atoms with Gasteiger partial charge >= 0.3 is 0 Å². The quantitative estimate of drug-likeness (QED) is 0.651. The fourth-order valence-electron chi connectivity index (χ4n) is 3.99. The van der Waals surface area contributed by atoms with Gasteiger partial charge in [-0.05, 0) is 49.1 Å². The summed E-state index contributed by atoms with van der Waals surface area (Å²) in [6, 6.07) is 14.4. The van der Waals surface area contributed by atoms with Crippen molar-refractivity contribution in [3.05, 3.63) is 71.8 Å². The number of nitrogens with one attached hydrogen (secondary N) is 1. The first kappa shape index (κ1) is 18.2. The molecule has 0 unspecified atom stereocenters. The van der Waals surface area contributed by atoms with E-state index in [0.717, 1.165) is 17.7 Å². The highest BCUT2D eigenvalue weighted by molar-refractivity contribution is 6.22. The van der Waals surface area contributed by atoms with Gasteiger partial charge in [0.15, 0.2) is 0 Å². The van der Waals surface area contributed by atoms with Gasteiger partial charge in [-0.3, -0.25) is 19.3 Å². The summed E-state index contributed by atoms with van der Waals surface area (Å²) >= 11 is 0. The SMILES string of the molecule is CCc1ccccc1NC(=O)c1cccc(N2C(=O)[C@H]3CC=CC[C@H]3C2=O)c1. The maximum absolute atomic E-state index is 12.8. The lowest BCUT2D eigenvalue weighted by Gasteiger charge is -2.16. The van der Waals surface area contributed by atoms with Crippen molar-refractivity contribution in [2.75, 3.05) is 10.2 Å². The molecule has 1 aliphatic heterocycles. The number of para-hydroxylation sites is 1. The van der Waals surface area contributed by atoms with Crippen molar-refractivity contribution in [1.82, 2.24) is 0 Å². The largest absolute Gasteiger partial charge is 0.322 e. The van der Waals surface area contributed by atoms with Crippen LogP contribution in [0, 0.1) is 11.8 Å². The predicted molar refractivity (Wildman–Crippen MR) is 108 cm³/mol. The summed E-state index contributed by atoms with van der Waals surface area (Å²) in [6.07, 6.45) is 5.93. The molecule has 1 aliphatic carbocycles. The highest BCUT2D eigenvalue weighted by Gasteiger charge is 2.47. The van der Waals surface area contributed by atoms with Crippen molar-refractivity contribution >= 4 is 29.1 Å². The number of allylic oxidation sites excluding steroid dienone is 2. The minimum Gasteiger partial charge on any atom is -0.322 e. The molecule has 0 aromatic heterocycles. The predicted octanol–water partition coefficient (Wildman–Crippen LogP) is 3.96. The van der Waals surface area contributed by atoms with E-state index >= 15 is 0 Å². The maximum Gasteiger partial charge on any atom is 0.255 e. The number of benzene rings is 2. The number of fused-ring (bicyclic) bond motifs is 1. The van der Waals surface area contributed by atoms with Crippen molar-refractivity contribution in [2.24, 2.45) is 11.8 Å². The second kappa shape index (κ2) is 7.43. The van der Waals surface area contributed by atoms with Crippen molar-refractivity contribution in [2.45, 2.75) is 26.2 Å². The van der Waals surface area contributed by atoms with E-state index in [1.807, 2.05) is 43.3 Å². The Labute approximate surface area is 164 Å². The molecule has 1 fully saturated rings. The fourth-order valence-corrected chi connectivity index (χ4v) is 3.99. The Hall–Kier alpha value is -3.21. The first-order chi connectivity index (χ1) is 13.6. The van der Waals surface area contributed by atoms with E-state index in [0.29, 0.717) is 24.1 Å². The summed E-state index contributed by atoms with van der Waals surface area (Å²) < 4.78 is 0. The maximum atomic E-state index is 12.8. The number of hydrogen-bond donors (Lipinski definition) is 1. The Balaban J connectivity index is 1.59. The van der Waals surface area contributed by atoms with Crippen LogP contribution in [0.1, 0.15) is 35.7 Å². The molecule has 1 saturated heterocycles. The molecular formula is C23H22N2O3. The lowest BCUT2D eigenvalue weighted by molar-refractivity contribution is -0.122. The van der Waals surface area contributed by atoms with E-state index in [9.17, 15) is 14.4 Å². The molecule has 0 radical (unpaired) electrons. The second-order valence-electron chi connectivity index (χ2n) is 7.18. The Kier molecular flexibility index (Phi) is 4.82. The molecule has 1 N–H and O–H groups in total. The van der Waals surface area contributed by atoms with Gasteiger partial charge in [0.1, 0.15) is 0 Å². The van der Waals surface area contributed by atoms with Crippen LogP contribution in [0.4, 0.5) is 11.4 Å². The zero-order valence-corrected chi connectivity index (χ0v) is 15.7. The van der Waals surface area contributed by atoms with E-state index < -0.39 is 0 Å². The number of aryl methyl sites for hydroxylation is 1. The molecule has 0 saturated carbocycles. The van der Waals surface area contributed by atoms with Crippen LogP contribution < -0.4 is 10.2 Å². The third-order valence-corrected chi connectivity index (χ3v) is 5.52. The average Bonchev–Trinajstić information content (AvgIpc) is 2.99. The fraction of sp³-hybridized carbons (Fsp3) is 0.261. The van der Waals surface area contributed by atoms with E-state index in [-0.39, 0.29) is 29.6 Å². The van der Waals surface area contributed by atoms with Gasteiger partial charge in [0.25, 0.3) is 5.91 Å². The molecule has 5 nitrogen and oxygen atoms in total. The molecule has 2 aromatic carbocycles. The number of rotatable bonds is 4. The zero-order valence-electron chi connectivity index (χ0n) is 15.7. The topological polar surface area (TPSA) is 66.5 Å². The van der Waals surface area contributed by atoms with Gasteiger partial charge < -0.3 is 5.32 Å². The molecule has 2 aliphatic rings. The Morgan fingerprint density at radius 1 is 1.00 bits per heavy atom. The minimum absolute atomic E-state index is 0.173. The van der Waals surface area contributed by atoms with Crippen LogP contribution in [0.2, 0.25) is 0 Å². The van der Waals surface area contributed by atoms with Crippen LogP contribution in [0.3, 0.4) is 0 Å². The van der Waals surface area contributed by atoms with Crippen LogP contribution >= 0.6 is 0 Å². The van der Waals surface area contributed by atoms with E-state index in [1.165, 1.54) is 4.90 Å². The molecule has 5 heteroatoms. The lowest BCUT2D eigenvalue weighted by atomic mass is 9.85. The van der Waals surface area contributed by atoms with Gasteiger partial charge in [-0.2, -0.15) is 0 Å². The molecule has 142 valence electrons. The smallest absolute Gasteiger partial charge is 0.255 e. The Bertz CT molecular complexity index is 953. The van der Waals surface area contributed by atoms with Crippen molar-refractivity contribution in [3.8, 4) is 0 Å². The van der Waals surface area contributed by atoms with Crippen LogP contribution in [0.15, 0.2) is 60.7 Å². The minimum atomic E-state index is -0.286. The molecule has 4 rings (SSSR count). The van der Waals surface area contributed by atoms with Crippen molar-refractivity contribution in [3.63, 3.8) is 0 Å². The summed E-state index contributed by atoms with van der Waals surface area (Å²) in [6.45, 7) is 2.03. The summed E-state index contributed by atoms with van der Waals surface area (Å²) in [5, 5.41) is 2.93. The highest BCUT2D eigenvalue weighted by atomic mass is 16.2. The monoisotopic (exact) mass is 374 g/mol. The molecular weight excluding hydrogens is 352 g/mol. The van der Waals surface area contributed by atoms with Gasteiger partial charge in [-0.15, -0.1) is 0 Å². The summed E-state index contributed by atoms with van der Waals surface area (Å²) in [7, 11) is 0. The number of nitrogens with zero attached hydrogens (tertiary/aromatic N) is 1. The summed E-state index contributed by atoms with van der Waals surface area (Å²) in [5.41, 5.74) is 2.69. The van der Waals surface area contributed by atoms with Gasteiger partial charge in [-0.25, -0.2) is 0 Å². The Morgan fingerprint density at radius 3 is 2.36 bits per heavy atom. The number of carbonyl (C=O) groups is 3. The summed E-state index contributed by atoms with van der Waals surface area (Å²) in [5.74, 6) is -1.18. The number of hydrogen-bond acceptors (Lipinski definition) is 3. The third kappa shape index (κ3) is 3.13. The molecule has 2 aromatic rings. The van der Waals surface area contributed by atoms with Crippen LogP contribution in [0.5, 0.6) is 0 Å². The van der Waals surface area contributed by atoms with E-state index in [1.54, 1.807) is 24.3 Å². The van der Waals surface area contributed by atoms with Crippen molar-refractivity contribution < 1.29 is 14.4 Å². The standard InChI is InChI=1S/C23H22N2O3/c1-2-15-8-3-6-13-20(15)24-21(26)16-9-7-10-17(14-16)25-22(27)18-11-4-5-12-19(18)23(25)28/h3-10,13-14,18-19H,2,11-12H2,1H3,(H,24,26)/t18-,19+. The third-order valence-electron chi connectivity index (χ3n) is 5.52. The van der Waals surface area contributed by atoms with Gasteiger partial charge in [0.2, 0.25) is 11.8 Å². The van der Waals surface area contributed by atoms with Gasteiger partial charge in [0, 0.05) is 11.3 Å². The first-order valence-electron chi connectivity index (χ1n) is 9.62. The van der Waals surface area contributed by atoms with E-state index in [4.69, 9.17) is 0 Å². The molecule has 1 heterocycles.